The first-order valence-electron chi connectivity index (χ1n) is 6.29. The van der Waals surface area contributed by atoms with E-state index >= 15 is 0 Å². The summed E-state index contributed by atoms with van der Waals surface area (Å²) in [6.45, 7) is 4.10. The molecule has 5 heteroatoms. The highest BCUT2D eigenvalue weighted by Crippen LogP contribution is 2.40. The lowest BCUT2D eigenvalue weighted by Crippen LogP contribution is -2.34. The number of hydrogen-bond donors (Lipinski definition) is 2. The first-order valence-corrected chi connectivity index (χ1v) is 6.29. The molecule has 1 aliphatic rings. The molecule has 1 aromatic rings. The Morgan fingerprint density at radius 3 is 3.00 bits per heavy atom. The summed E-state index contributed by atoms with van der Waals surface area (Å²) in [6, 6.07) is 5.28. The molecule has 0 fully saturated rings. The Balaban J connectivity index is 2.12. The van der Waals surface area contributed by atoms with Crippen molar-refractivity contribution in [2.45, 2.75) is 38.4 Å². The van der Waals surface area contributed by atoms with Gasteiger partial charge in [0.05, 0.1) is 19.1 Å². The average molecular weight is 265 g/mol. The summed E-state index contributed by atoms with van der Waals surface area (Å²) in [5.41, 5.74) is 5.41. The smallest absolute Gasteiger partial charge is 0.220 e. The summed E-state index contributed by atoms with van der Waals surface area (Å²) in [7, 11) is 0. The second-order valence-electron chi connectivity index (χ2n) is 5.35. The summed E-state index contributed by atoms with van der Waals surface area (Å²) in [6.07, 6.45) is 0.201. The molecule has 1 atom stereocenters. The van der Waals surface area contributed by atoms with Gasteiger partial charge < -0.3 is 20.3 Å². The highest BCUT2D eigenvalue weighted by Gasteiger charge is 2.32. The number of amides is 1. The molecule has 0 saturated carbocycles. The Labute approximate surface area is 112 Å². The number of carbonyl (C=O) groups excluding carboxylic acids is 1. The normalized spacial score (nSPS) is 20.3. The summed E-state index contributed by atoms with van der Waals surface area (Å²) < 4.78 is 11.2. The van der Waals surface area contributed by atoms with Crippen LogP contribution in [0.25, 0.3) is 0 Å². The number of aliphatic hydroxyl groups excluding tert-OH is 1. The van der Waals surface area contributed by atoms with Crippen molar-refractivity contribution < 1.29 is 19.4 Å². The van der Waals surface area contributed by atoms with Crippen LogP contribution in [0.4, 0.5) is 0 Å². The molecule has 0 aromatic heterocycles. The van der Waals surface area contributed by atoms with Gasteiger partial charge in [0.25, 0.3) is 0 Å². The van der Waals surface area contributed by atoms with E-state index in [0.717, 1.165) is 5.56 Å². The van der Waals surface area contributed by atoms with E-state index in [-0.39, 0.29) is 13.0 Å². The van der Waals surface area contributed by atoms with Crippen molar-refractivity contribution in [3.05, 3.63) is 23.8 Å². The van der Waals surface area contributed by atoms with Gasteiger partial charge in [-0.25, -0.2) is 0 Å². The van der Waals surface area contributed by atoms with E-state index in [4.69, 9.17) is 15.2 Å². The molecule has 19 heavy (non-hydrogen) atoms. The van der Waals surface area contributed by atoms with E-state index in [1.807, 2.05) is 13.8 Å². The van der Waals surface area contributed by atoms with Crippen molar-refractivity contribution >= 4 is 5.91 Å². The topological polar surface area (TPSA) is 81.8 Å². The molecule has 1 unspecified atom stereocenters. The Hall–Kier alpha value is -1.75. The standard InChI is InChI=1S/C14H19NO4/c1-14(2)8-11(16)10-4-3-9(7-12(10)19-14)18-6-5-13(15)17/h3-4,7,11,16H,5-6,8H2,1-2H3,(H2,15,17). The van der Waals surface area contributed by atoms with Gasteiger partial charge in [-0.1, -0.05) is 0 Å². The summed E-state index contributed by atoms with van der Waals surface area (Å²) >= 11 is 0. The van der Waals surface area contributed by atoms with Crippen molar-refractivity contribution in [2.75, 3.05) is 6.61 Å². The van der Waals surface area contributed by atoms with E-state index in [1.165, 1.54) is 0 Å². The first-order chi connectivity index (χ1) is 8.87. The lowest BCUT2D eigenvalue weighted by atomic mass is 9.92. The molecule has 3 N–H and O–H groups in total. The fourth-order valence-electron chi connectivity index (χ4n) is 2.15. The number of nitrogens with two attached hydrogens (primary N) is 1. The monoisotopic (exact) mass is 265 g/mol. The van der Waals surface area contributed by atoms with Crippen LogP contribution in [0.2, 0.25) is 0 Å². The summed E-state index contributed by atoms with van der Waals surface area (Å²) in [4.78, 5) is 10.6. The van der Waals surface area contributed by atoms with Gasteiger partial charge in [-0.05, 0) is 26.0 Å². The Kier molecular flexibility index (Phi) is 3.66. The number of primary amides is 1. The summed E-state index contributed by atoms with van der Waals surface area (Å²) in [5.74, 6) is 0.830. The van der Waals surface area contributed by atoms with Crippen molar-refractivity contribution in [1.29, 1.82) is 0 Å². The highest BCUT2D eigenvalue weighted by molar-refractivity contribution is 5.73. The van der Waals surface area contributed by atoms with Crippen LogP contribution in [-0.4, -0.2) is 23.2 Å². The Morgan fingerprint density at radius 2 is 2.32 bits per heavy atom. The molecule has 0 bridgehead atoms. The number of ether oxygens (including phenoxy) is 2. The van der Waals surface area contributed by atoms with E-state index in [2.05, 4.69) is 0 Å². The zero-order chi connectivity index (χ0) is 14.0. The zero-order valence-electron chi connectivity index (χ0n) is 11.2. The first kappa shape index (κ1) is 13.7. The highest BCUT2D eigenvalue weighted by atomic mass is 16.5. The van der Waals surface area contributed by atoms with Crippen LogP contribution >= 0.6 is 0 Å². The van der Waals surface area contributed by atoms with Crippen LogP contribution in [0.5, 0.6) is 11.5 Å². The van der Waals surface area contributed by atoms with Gasteiger partial charge in [0.15, 0.2) is 0 Å². The zero-order valence-corrected chi connectivity index (χ0v) is 11.2. The molecule has 0 saturated heterocycles. The lowest BCUT2D eigenvalue weighted by molar-refractivity contribution is -0.118. The second-order valence-corrected chi connectivity index (χ2v) is 5.35. The minimum absolute atomic E-state index is 0.173. The van der Waals surface area contributed by atoms with Crippen LogP contribution in [0.15, 0.2) is 18.2 Å². The van der Waals surface area contributed by atoms with Crippen LogP contribution < -0.4 is 15.2 Å². The van der Waals surface area contributed by atoms with Crippen molar-refractivity contribution in [2.24, 2.45) is 5.73 Å². The van der Waals surface area contributed by atoms with Crippen molar-refractivity contribution in [1.82, 2.24) is 0 Å². The maximum atomic E-state index is 10.6. The lowest BCUT2D eigenvalue weighted by Gasteiger charge is -2.35. The third-order valence-electron chi connectivity index (χ3n) is 3.03. The van der Waals surface area contributed by atoms with Gasteiger partial charge in [-0.2, -0.15) is 0 Å². The minimum Gasteiger partial charge on any atom is -0.493 e. The largest absolute Gasteiger partial charge is 0.493 e. The molecule has 1 aromatic carbocycles. The molecule has 1 aliphatic heterocycles. The average Bonchev–Trinajstić information content (AvgIpc) is 2.26. The number of aliphatic hydroxyl groups is 1. The van der Waals surface area contributed by atoms with Crippen LogP contribution in [-0.2, 0) is 4.79 Å². The van der Waals surface area contributed by atoms with E-state index in [9.17, 15) is 9.90 Å². The molecule has 2 rings (SSSR count). The van der Waals surface area contributed by atoms with Gasteiger partial charge in [-0.3, -0.25) is 4.79 Å². The van der Waals surface area contributed by atoms with Crippen LogP contribution in [0.3, 0.4) is 0 Å². The van der Waals surface area contributed by atoms with Gasteiger partial charge in [0, 0.05) is 18.1 Å². The number of hydrogen-bond acceptors (Lipinski definition) is 4. The quantitative estimate of drug-likeness (QED) is 0.865. The SMILES string of the molecule is CC1(C)CC(O)c2ccc(OCCC(N)=O)cc2O1. The van der Waals surface area contributed by atoms with Gasteiger partial charge in [-0.15, -0.1) is 0 Å². The van der Waals surface area contributed by atoms with Gasteiger partial charge in [0.1, 0.15) is 17.1 Å². The van der Waals surface area contributed by atoms with Crippen LogP contribution in [0.1, 0.15) is 38.4 Å². The van der Waals surface area contributed by atoms with E-state index < -0.39 is 17.6 Å². The second kappa shape index (κ2) is 5.09. The third-order valence-corrected chi connectivity index (χ3v) is 3.03. The molecule has 0 radical (unpaired) electrons. The maximum absolute atomic E-state index is 10.6. The Morgan fingerprint density at radius 1 is 1.58 bits per heavy atom. The van der Waals surface area contributed by atoms with E-state index in [1.54, 1.807) is 18.2 Å². The molecular weight excluding hydrogens is 246 g/mol. The predicted octanol–water partition coefficient (Wildman–Crippen LogP) is 1.54. The van der Waals surface area contributed by atoms with Crippen molar-refractivity contribution in [3.63, 3.8) is 0 Å². The van der Waals surface area contributed by atoms with Gasteiger partial charge >= 0.3 is 0 Å². The van der Waals surface area contributed by atoms with E-state index in [0.29, 0.717) is 17.9 Å². The minimum atomic E-state index is -0.529. The number of benzene rings is 1. The van der Waals surface area contributed by atoms with Crippen molar-refractivity contribution in [3.8, 4) is 11.5 Å². The third kappa shape index (κ3) is 3.38. The molecule has 0 spiro atoms. The predicted molar refractivity (Wildman–Crippen MR) is 70.0 cm³/mol. The number of carbonyl (C=O) groups is 1. The molecule has 1 amide bonds. The molecule has 0 aliphatic carbocycles. The number of fused-ring (bicyclic) bond motifs is 1. The number of rotatable bonds is 4. The molecule has 5 nitrogen and oxygen atoms in total. The van der Waals surface area contributed by atoms with Gasteiger partial charge in [0.2, 0.25) is 5.91 Å². The summed E-state index contributed by atoms with van der Waals surface area (Å²) in [5, 5.41) is 10.1. The maximum Gasteiger partial charge on any atom is 0.220 e. The molecular formula is C14H19NO4. The van der Waals surface area contributed by atoms with Crippen LogP contribution in [0, 0.1) is 0 Å². The molecule has 1 heterocycles. The molecule has 104 valence electrons. The Bertz CT molecular complexity index is 484. The fraction of sp³-hybridized carbons (Fsp3) is 0.500. The fourth-order valence-corrected chi connectivity index (χ4v) is 2.15.